The van der Waals surface area contributed by atoms with Gasteiger partial charge in [0.1, 0.15) is 0 Å². The van der Waals surface area contributed by atoms with Crippen molar-refractivity contribution in [1.82, 2.24) is 0 Å². The van der Waals surface area contributed by atoms with Gasteiger partial charge in [-0.25, -0.2) is 0 Å². The number of para-hydroxylation sites is 4. The maximum atomic E-state index is 2.51. The van der Waals surface area contributed by atoms with Gasteiger partial charge in [0.2, 0.25) is 0 Å². The molecule has 1 aliphatic carbocycles. The molecule has 0 saturated heterocycles. The van der Waals surface area contributed by atoms with Crippen LogP contribution in [0.15, 0.2) is 291 Å². The zero-order chi connectivity index (χ0) is 47.1. The summed E-state index contributed by atoms with van der Waals surface area (Å²) < 4.78 is 0. The summed E-state index contributed by atoms with van der Waals surface area (Å²) in [5.74, 6) is 0. The lowest BCUT2D eigenvalue weighted by Crippen LogP contribution is -2.28. The van der Waals surface area contributed by atoms with Gasteiger partial charge in [0.25, 0.3) is 0 Å². The molecule has 2 heteroatoms. The molecule has 334 valence electrons. The average Bonchev–Trinajstić information content (AvgIpc) is 3.75. The Labute approximate surface area is 415 Å². The molecule has 2 nitrogen and oxygen atoms in total. The zero-order valence-corrected chi connectivity index (χ0v) is 39.1. The molecule has 0 aromatic heterocycles. The molecule has 0 aliphatic heterocycles. The number of hydrogen-bond acceptors (Lipinski definition) is 2. The molecule has 1 aliphatic rings. The van der Waals surface area contributed by atoms with E-state index in [1.807, 2.05) is 0 Å². The molecule has 0 saturated carbocycles. The highest BCUT2D eigenvalue weighted by atomic mass is 15.1. The lowest BCUT2D eigenvalue weighted by Gasteiger charge is -2.34. The van der Waals surface area contributed by atoms with Crippen molar-refractivity contribution in [3.05, 3.63) is 313 Å². The zero-order valence-electron chi connectivity index (χ0n) is 39.1. The summed E-state index contributed by atoms with van der Waals surface area (Å²) in [6.45, 7) is 0. The number of nitrogens with zero attached hydrogens (tertiary/aromatic N) is 2. The first-order valence-electron chi connectivity index (χ1n) is 24.5. The van der Waals surface area contributed by atoms with Gasteiger partial charge in [-0.15, -0.1) is 0 Å². The molecule has 0 radical (unpaired) electrons. The second-order valence-corrected chi connectivity index (χ2v) is 18.4. The molecular formula is C69H48N2. The summed E-state index contributed by atoms with van der Waals surface area (Å²) in [5.41, 5.74) is 18.5. The highest BCUT2D eigenvalue weighted by Gasteiger charge is 2.47. The summed E-state index contributed by atoms with van der Waals surface area (Å²) >= 11 is 0. The Morgan fingerprint density at radius 3 is 1.18 bits per heavy atom. The van der Waals surface area contributed by atoms with Crippen LogP contribution in [0.4, 0.5) is 34.1 Å². The van der Waals surface area contributed by atoms with Gasteiger partial charge in [0.05, 0.1) is 5.41 Å². The third-order valence-corrected chi connectivity index (χ3v) is 14.5. The SMILES string of the molecule is c1ccc(N(c2ccccc2)c2ccc(-c3cc4c(c5ccccc35)-c3ccc(-c5ccc6cc(N(c7ccccc7)c7ccccc7)ccc6c5)cc3C4(c3ccccc3)c3ccccc3)cc2)cc1. The van der Waals surface area contributed by atoms with Gasteiger partial charge >= 0.3 is 0 Å². The lowest BCUT2D eigenvalue weighted by atomic mass is 9.67. The van der Waals surface area contributed by atoms with Gasteiger partial charge in [-0.2, -0.15) is 0 Å². The molecule has 0 heterocycles. The first-order valence-corrected chi connectivity index (χ1v) is 24.5. The van der Waals surface area contributed by atoms with E-state index in [2.05, 4.69) is 301 Å². The molecule has 0 N–H and O–H groups in total. The molecule has 0 bridgehead atoms. The third kappa shape index (κ3) is 7.19. The maximum Gasteiger partial charge on any atom is 0.0714 e. The van der Waals surface area contributed by atoms with E-state index in [9.17, 15) is 0 Å². The molecule has 71 heavy (non-hydrogen) atoms. The van der Waals surface area contributed by atoms with E-state index in [0.29, 0.717) is 0 Å². The summed E-state index contributed by atoms with van der Waals surface area (Å²) in [7, 11) is 0. The Morgan fingerprint density at radius 2 is 0.634 bits per heavy atom. The van der Waals surface area contributed by atoms with Crippen LogP contribution in [0.5, 0.6) is 0 Å². The van der Waals surface area contributed by atoms with Crippen LogP contribution in [0.3, 0.4) is 0 Å². The van der Waals surface area contributed by atoms with Crippen LogP contribution < -0.4 is 9.80 Å². The van der Waals surface area contributed by atoms with Crippen molar-refractivity contribution in [2.45, 2.75) is 5.41 Å². The second kappa shape index (κ2) is 17.7. The Kier molecular flexibility index (Phi) is 10.4. The van der Waals surface area contributed by atoms with Crippen LogP contribution in [0, 0.1) is 0 Å². The van der Waals surface area contributed by atoms with E-state index in [0.717, 1.165) is 34.1 Å². The van der Waals surface area contributed by atoms with E-state index >= 15 is 0 Å². The number of fused-ring (bicyclic) bond motifs is 6. The highest BCUT2D eigenvalue weighted by Crippen LogP contribution is 2.59. The van der Waals surface area contributed by atoms with Crippen LogP contribution in [-0.4, -0.2) is 0 Å². The fourth-order valence-electron chi connectivity index (χ4n) is 11.3. The first-order chi connectivity index (χ1) is 35.2. The number of rotatable bonds is 10. The fraction of sp³-hybridized carbons (Fsp3) is 0.0145. The van der Waals surface area contributed by atoms with Gasteiger partial charge in [-0.3, -0.25) is 0 Å². The normalized spacial score (nSPS) is 12.3. The predicted octanol–water partition coefficient (Wildman–Crippen LogP) is 18.6. The Bertz CT molecular complexity index is 3720. The van der Waals surface area contributed by atoms with Gasteiger partial charge < -0.3 is 9.80 Å². The molecule has 0 spiro atoms. The number of anilines is 6. The molecule has 13 rings (SSSR count). The lowest BCUT2D eigenvalue weighted by molar-refractivity contribution is 0.769. The topological polar surface area (TPSA) is 6.48 Å². The summed E-state index contributed by atoms with van der Waals surface area (Å²) in [5, 5.41) is 4.88. The van der Waals surface area contributed by atoms with Crippen molar-refractivity contribution < 1.29 is 0 Å². The predicted molar refractivity (Wildman–Crippen MR) is 299 cm³/mol. The smallest absolute Gasteiger partial charge is 0.0714 e. The van der Waals surface area contributed by atoms with Crippen molar-refractivity contribution >= 4 is 55.7 Å². The number of hydrogen-bond donors (Lipinski definition) is 0. The largest absolute Gasteiger partial charge is 0.311 e. The van der Waals surface area contributed by atoms with E-state index in [1.54, 1.807) is 0 Å². The molecule has 12 aromatic rings. The van der Waals surface area contributed by atoms with Crippen LogP contribution in [-0.2, 0) is 5.41 Å². The van der Waals surface area contributed by atoms with E-state index in [4.69, 9.17) is 0 Å². The van der Waals surface area contributed by atoms with E-state index < -0.39 is 5.41 Å². The van der Waals surface area contributed by atoms with Crippen LogP contribution >= 0.6 is 0 Å². The Balaban J connectivity index is 0.972. The number of benzene rings is 12. The summed E-state index contributed by atoms with van der Waals surface area (Å²) in [6.07, 6.45) is 0. The summed E-state index contributed by atoms with van der Waals surface area (Å²) in [4.78, 5) is 4.65. The van der Waals surface area contributed by atoms with Gasteiger partial charge in [0.15, 0.2) is 0 Å². The molecule has 0 atom stereocenters. The Morgan fingerprint density at radius 1 is 0.239 bits per heavy atom. The fourth-order valence-corrected chi connectivity index (χ4v) is 11.3. The highest BCUT2D eigenvalue weighted by molar-refractivity contribution is 6.10. The molecule has 0 amide bonds. The third-order valence-electron chi connectivity index (χ3n) is 14.5. The molecule has 0 fully saturated rings. The van der Waals surface area contributed by atoms with Crippen LogP contribution in [0.2, 0.25) is 0 Å². The monoisotopic (exact) mass is 904 g/mol. The first kappa shape index (κ1) is 41.9. The maximum absolute atomic E-state index is 2.51. The van der Waals surface area contributed by atoms with Crippen LogP contribution in [0.1, 0.15) is 22.3 Å². The minimum atomic E-state index is -0.608. The van der Waals surface area contributed by atoms with Gasteiger partial charge in [0, 0.05) is 34.1 Å². The quantitative estimate of drug-likeness (QED) is 0.135. The Hall–Kier alpha value is -9.24. The van der Waals surface area contributed by atoms with Gasteiger partial charge in [-0.1, -0.05) is 200 Å². The van der Waals surface area contributed by atoms with Gasteiger partial charge in [-0.05, 0) is 168 Å². The molecule has 12 aromatic carbocycles. The minimum Gasteiger partial charge on any atom is -0.311 e. The van der Waals surface area contributed by atoms with Crippen molar-refractivity contribution in [3.63, 3.8) is 0 Å². The minimum absolute atomic E-state index is 0.608. The van der Waals surface area contributed by atoms with E-state index in [-0.39, 0.29) is 0 Å². The average molecular weight is 905 g/mol. The second-order valence-electron chi connectivity index (χ2n) is 18.4. The molecular weight excluding hydrogens is 857 g/mol. The standard InChI is InChI=1S/C69H48N2/c1-7-21-54(22-8-1)69(55-23-9-2-10-24-55)66-47-53(50-35-36-52-46-61(43-39-51(52)45-50)71(58-29-15-5-16-30-58)59-31-17-6-18-32-59)40-44-64(66)68-63-34-20-19-33-62(63)65(48-67(68)69)49-37-41-60(42-38-49)70(56-25-11-3-12-26-56)57-27-13-4-14-28-57/h1-48H. The van der Waals surface area contributed by atoms with Crippen molar-refractivity contribution in [3.8, 4) is 33.4 Å². The summed E-state index contributed by atoms with van der Waals surface area (Å²) in [6, 6.07) is 107. The van der Waals surface area contributed by atoms with Crippen molar-refractivity contribution in [2.24, 2.45) is 0 Å². The van der Waals surface area contributed by atoms with Crippen molar-refractivity contribution in [2.75, 3.05) is 9.80 Å². The molecule has 0 unspecified atom stereocenters. The van der Waals surface area contributed by atoms with Crippen LogP contribution in [0.25, 0.3) is 54.9 Å². The van der Waals surface area contributed by atoms with Crippen molar-refractivity contribution in [1.29, 1.82) is 0 Å². The van der Waals surface area contributed by atoms with E-state index in [1.165, 1.54) is 77.2 Å².